The zero-order valence-corrected chi connectivity index (χ0v) is 16.0. The summed E-state index contributed by atoms with van der Waals surface area (Å²) in [5.74, 6) is 0.304. The molecule has 0 aliphatic carbocycles. The number of aryl methyl sites for hydroxylation is 1. The van der Waals surface area contributed by atoms with Crippen molar-refractivity contribution in [2.45, 2.75) is 19.4 Å². The van der Waals surface area contributed by atoms with Crippen LogP contribution in [0.25, 0.3) is 11.3 Å². The Bertz CT molecular complexity index is 1100. The van der Waals surface area contributed by atoms with Gasteiger partial charge in [-0.15, -0.1) is 0 Å². The molecular weight excluding hydrogens is 369 g/mol. The van der Waals surface area contributed by atoms with Gasteiger partial charge in [-0.3, -0.25) is 9.88 Å². The van der Waals surface area contributed by atoms with Gasteiger partial charge in [0.15, 0.2) is 5.82 Å². The van der Waals surface area contributed by atoms with Gasteiger partial charge in [-0.05, 0) is 49.2 Å². The number of hydrogen-bond donors (Lipinski definition) is 1. The topological polar surface area (TPSA) is 61.4 Å². The van der Waals surface area contributed by atoms with Gasteiger partial charge in [0, 0.05) is 36.7 Å². The maximum atomic E-state index is 13.7. The molecule has 4 heterocycles. The van der Waals surface area contributed by atoms with Crippen LogP contribution in [0.3, 0.4) is 0 Å². The van der Waals surface area contributed by atoms with E-state index in [0.29, 0.717) is 17.1 Å². The van der Waals surface area contributed by atoms with Crippen molar-refractivity contribution >= 4 is 23.2 Å². The molecule has 6 nitrogen and oxygen atoms in total. The molecule has 1 fully saturated rings. The van der Waals surface area contributed by atoms with Gasteiger partial charge in [-0.2, -0.15) is 0 Å². The van der Waals surface area contributed by atoms with Crippen LogP contribution in [0.5, 0.6) is 0 Å². The number of amides is 2. The number of carbonyl (C=O) groups is 1. The van der Waals surface area contributed by atoms with E-state index in [1.807, 2.05) is 25.1 Å². The van der Waals surface area contributed by atoms with Gasteiger partial charge in [-0.1, -0.05) is 12.1 Å². The van der Waals surface area contributed by atoms with E-state index in [-0.39, 0.29) is 17.9 Å². The fourth-order valence-electron chi connectivity index (χ4n) is 4.07. The van der Waals surface area contributed by atoms with Gasteiger partial charge in [-0.25, -0.2) is 14.2 Å². The first kappa shape index (κ1) is 17.6. The van der Waals surface area contributed by atoms with E-state index in [2.05, 4.69) is 15.2 Å². The molecule has 0 saturated carbocycles. The second kappa shape index (κ2) is 6.84. The van der Waals surface area contributed by atoms with Crippen molar-refractivity contribution in [1.29, 1.82) is 0 Å². The molecule has 1 aromatic carbocycles. The summed E-state index contributed by atoms with van der Waals surface area (Å²) in [5.41, 5.74) is 3.89. The monoisotopic (exact) mass is 389 g/mol. The molecule has 3 aromatic rings. The molecular formula is C22H20FN5O. The number of nitrogens with one attached hydrogen (secondary N) is 1. The zero-order valence-electron chi connectivity index (χ0n) is 16.0. The van der Waals surface area contributed by atoms with Crippen LogP contribution in [0.1, 0.15) is 12.0 Å². The predicted octanol–water partition coefficient (Wildman–Crippen LogP) is 4.22. The van der Waals surface area contributed by atoms with E-state index in [1.165, 1.54) is 12.1 Å². The molecule has 1 saturated heterocycles. The molecule has 2 aromatic heterocycles. The molecule has 29 heavy (non-hydrogen) atoms. The number of pyridine rings is 2. The van der Waals surface area contributed by atoms with Crippen molar-refractivity contribution in [1.82, 2.24) is 9.97 Å². The van der Waals surface area contributed by atoms with Crippen molar-refractivity contribution in [3.63, 3.8) is 0 Å². The number of rotatable bonds is 2. The molecule has 146 valence electrons. The number of fused-ring (bicyclic) bond motifs is 4. The van der Waals surface area contributed by atoms with Crippen LogP contribution in [-0.4, -0.2) is 35.1 Å². The molecule has 0 radical (unpaired) electrons. The third-order valence-electron chi connectivity index (χ3n) is 5.55. The predicted molar refractivity (Wildman–Crippen MR) is 111 cm³/mol. The highest BCUT2D eigenvalue weighted by atomic mass is 19.1. The molecule has 2 aliphatic heterocycles. The summed E-state index contributed by atoms with van der Waals surface area (Å²) in [6.07, 6.45) is 4.26. The molecule has 7 heteroatoms. The number of halogens is 1. The number of nitrogens with zero attached hydrogens (tertiary/aromatic N) is 4. The SMILES string of the molecule is Cc1cnccc1NC(=O)N1c2nc(-c3cccc(F)c3)ccc2N2CC[C@H]1C2. The quantitative estimate of drug-likeness (QED) is 0.713. The Morgan fingerprint density at radius 1 is 1.24 bits per heavy atom. The fraction of sp³-hybridized carbons (Fsp3) is 0.227. The number of carbonyl (C=O) groups excluding carboxylic acids is 1. The van der Waals surface area contributed by atoms with E-state index < -0.39 is 0 Å². The normalized spacial score (nSPS) is 17.2. The van der Waals surface area contributed by atoms with Gasteiger partial charge in [0.1, 0.15) is 5.82 Å². The number of hydrogen-bond acceptors (Lipinski definition) is 4. The van der Waals surface area contributed by atoms with Crippen LogP contribution in [-0.2, 0) is 0 Å². The Morgan fingerprint density at radius 2 is 2.14 bits per heavy atom. The zero-order chi connectivity index (χ0) is 20.0. The standard InChI is InChI=1S/C22H20FN5O/c1-14-12-24-9-7-18(14)26-22(29)28-17-8-10-27(13-17)20-6-5-19(25-21(20)28)15-3-2-4-16(23)11-15/h2-7,9,11-12,17H,8,10,13H2,1H3,(H,24,26,29)/t17-/m0/s1. The Labute approximate surface area is 168 Å². The Hall–Kier alpha value is -3.48. The minimum atomic E-state index is -0.311. The fourth-order valence-corrected chi connectivity index (χ4v) is 4.07. The number of urea groups is 1. The number of benzene rings is 1. The van der Waals surface area contributed by atoms with Crippen LogP contribution in [0.15, 0.2) is 54.9 Å². The van der Waals surface area contributed by atoms with E-state index in [0.717, 1.165) is 36.4 Å². The number of aromatic nitrogens is 2. The summed E-state index contributed by atoms with van der Waals surface area (Å²) in [6.45, 7) is 3.58. The smallest absolute Gasteiger partial charge is 0.327 e. The van der Waals surface area contributed by atoms with Crippen molar-refractivity contribution in [2.75, 3.05) is 28.2 Å². The van der Waals surface area contributed by atoms with Crippen molar-refractivity contribution in [2.24, 2.45) is 0 Å². The van der Waals surface area contributed by atoms with Crippen LogP contribution in [0, 0.1) is 12.7 Å². The molecule has 2 aliphatic rings. The Morgan fingerprint density at radius 3 is 2.97 bits per heavy atom. The van der Waals surface area contributed by atoms with Crippen LogP contribution >= 0.6 is 0 Å². The maximum Gasteiger partial charge on any atom is 0.327 e. The van der Waals surface area contributed by atoms with Crippen LogP contribution in [0.4, 0.5) is 26.4 Å². The first-order chi connectivity index (χ1) is 14.1. The lowest BCUT2D eigenvalue weighted by Crippen LogP contribution is -2.48. The van der Waals surface area contributed by atoms with Gasteiger partial charge >= 0.3 is 6.03 Å². The molecule has 0 spiro atoms. The number of anilines is 3. The van der Waals surface area contributed by atoms with E-state index in [1.54, 1.807) is 29.4 Å². The lowest BCUT2D eigenvalue weighted by atomic mass is 10.1. The highest BCUT2D eigenvalue weighted by Gasteiger charge is 2.40. The summed E-state index contributed by atoms with van der Waals surface area (Å²) in [7, 11) is 0. The van der Waals surface area contributed by atoms with Gasteiger partial charge < -0.3 is 10.2 Å². The van der Waals surface area contributed by atoms with Gasteiger partial charge in [0.05, 0.1) is 17.4 Å². The first-order valence-electron chi connectivity index (χ1n) is 9.63. The third-order valence-corrected chi connectivity index (χ3v) is 5.55. The summed E-state index contributed by atoms with van der Waals surface area (Å²) < 4.78 is 13.7. The maximum absolute atomic E-state index is 13.7. The second-order valence-electron chi connectivity index (χ2n) is 7.43. The highest BCUT2D eigenvalue weighted by Crippen LogP contribution is 2.40. The van der Waals surface area contributed by atoms with E-state index >= 15 is 0 Å². The van der Waals surface area contributed by atoms with Crippen LogP contribution in [0.2, 0.25) is 0 Å². The van der Waals surface area contributed by atoms with Crippen molar-refractivity contribution in [3.05, 3.63) is 66.2 Å². The van der Waals surface area contributed by atoms with Gasteiger partial charge in [0.2, 0.25) is 0 Å². The molecule has 2 amide bonds. The molecule has 1 N–H and O–H groups in total. The van der Waals surface area contributed by atoms with Crippen molar-refractivity contribution < 1.29 is 9.18 Å². The second-order valence-corrected chi connectivity index (χ2v) is 7.43. The summed E-state index contributed by atoms with van der Waals surface area (Å²) in [6, 6.07) is 11.8. The van der Waals surface area contributed by atoms with Crippen LogP contribution < -0.4 is 15.1 Å². The lowest BCUT2D eigenvalue weighted by molar-refractivity contribution is 0.255. The first-order valence-corrected chi connectivity index (χ1v) is 9.63. The van der Waals surface area contributed by atoms with E-state index in [4.69, 9.17) is 4.98 Å². The minimum Gasteiger partial charge on any atom is -0.366 e. The minimum absolute atomic E-state index is 0.0555. The molecule has 0 unspecified atom stereocenters. The summed E-state index contributed by atoms with van der Waals surface area (Å²) >= 11 is 0. The molecule has 5 rings (SSSR count). The molecule has 2 bridgehead atoms. The average molecular weight is 389 g/mol. The van der Waals surface area contributed by atoms with E-state index in [9.17, 15) is 9.18 Å². The lowest BCUT2D eigenvalue weighted by Gasteiger charge is -2.36. The Kier molecular flexibility index (Phi) is 4.16. The van der Waals surface area contributed by atoms with Gasteiger partial charge in [0.25, 0.3) is 0 Å². The third kappa shape index (κ3) is 3.08. The molecule has 1 atom stereocenters. The Balaban J connectivity index is 1.55. The average Bonchev–Trinajstić information content (AvgIpc) is 3.14. The summed E-state index contributed by atoms with van der Waals surface area (Å²) in [5, 5.41) is 3.00. The largest absolute Gasteiger partial charge is 0.366 e. The highest BCUT2D eigenvalue weighted by molar-refractivity contribution is 6.05. The van der Waals surface area contributed by atoms with Crippen molar-refractivity contribution in [3.8, 4) is 11.3 Å². The summed E-state index contributed by atoms with van der Waals surface area (Å²) in [4.78, 5) is 26.1.